The fourth-order valence-corrected chi connectivity index (χ4v) is 3.38. The van der Waals surface area contributed by atoms with Gasteiger partial charge in [-0.25, -0.2) is 0 Å². The first-order valence-electron chi connectivity index (χ1n) is 9.15. The Kier molecular flexibility index (Phi) is 6.97. The molecule has 0 spiro atoms. The van der Waals surface area contributed by atoms with Gasteiger partial charge in [0, 0.05) is 38.3 Å². The molecule has 1 amide bonds. The summed E-state index contributed by atoms with van der Waals surface area (Å²) in [6.07, 6.45) is 0.827. The molecule has 1 unspecified atom stereocenters. The molecule has 1 fully saturated rings. The lowest BCUT2D eigenvalue weighted by atomic mass is 10.1. The zero-order valence-corrected chi connectivity index (χ0v) is 16.1. The first-order valence-corrected chi connectivity index (χ1v) is 9.53. The lowest BCUT2D eigenvalue weighted by Gasteiger charge is -2.33. The highest BCUT2D eigenvalue weighted by Crippen LogP contribution is 2.23. The van der Waals surface area contributed by atoms with Crippen molar-refractivity contribution in [2.24, 2.45) is 0 Å². The quantitative estimate of drug-likeness (QED) is 0.435. The van der Waals surface area contributed by atoms with Gasteiger partial charge in [0.2, 0.25) is 0 Å². The second-order valence-corrected chi connectivity index (χ2v) is 7.01. The van der Waals surface area contributed by atoms with Crippen LogP contribution in [-0.4, -0.2) is 48.5 Å². The highest BCUT2D eigenvalue weighted by atomic mass is 35.5. The van der Waals surface area contributed by atoms with Crippen LogP contribution in [0.15, 0.2) is 48.5 Å². The van der Waals surface area contributed by atoms with Gasteiger partial charge in [0.05, 0.1) is 28.2 Å². The predicted octanol–water partition coefficient (Wildman–Crippen LogP) is 3.44. The highest BCUT2D eigenvalue weighted by molar-refractivity contribution is 6.33. The summed E-state index contributed by atoms with van der Waals surface area (Å²) in [5.41, 5.74) is 1.13. The molecule has 148 valence electrons. The lowest BCUT2D eigenvalue weighted by molar-refractivity contribution is -0.384. The summed E-state index contributed by atoms with van der Waals surface area (Å²) >= 11 is 6.00. The number of nitro benzene ring substituents is 1. The van der Waals surface area contributed by atoms with E-state index in [9.17, 15) is 14.9 Å². The van der Waals surface area contributed by atoms with Crippen LogP contribution < -0.4 is 5.32 Å². The average molecular weight is 404 g/mol. The Morgan fingerprint density at radius 3 is 2.82 bits per heavy atom. The number of nitrogens with one attached hydrogen (secondary N) is 1. The van der Waals surface area contributed by atoms with Crippen molar-refractivity contribution in [2.45, 2.75) is 12.5 Å². The van der Waals surface area contributed by atoms with E-state index in [1.165, 1.54) is 23.8 Å². The lowest BCUT2D eigenvalue weighted by Crippen LogP contribution is -2.39. The van der Waals surface area contributed by atoms with E-state index < -0.39 is 10.8 Å². The zero-order valence-electron chi connectivity index (χ0n) is 15.3. The minimum absolute atomic E-state index is 0.0632. The fraction of sp³-hybridized carbons (Fsp3) is 0.350. The Balaban J connectivity index is 1.46. The SMILES string of the molecule is O=C(NCCCN1CCOC(c2ccccc2)C1)c1cc([N+](=O)[O-])ccc1Cl. The fourth-order valence-electron chi connectivity index (χ4n) is 3.18. The molecule has 2 aromatic rings. The van der Waals surface area contributed by atoms with Crippen LogP contribution in [0.3, 0.4) is 0 Å². The second-order valence-electron chi connectivity index (χ2n) is 6.60. The van der Waals surface area contributed by atoms with Crippen molar-refractivity contribution in [1.29, 1.82) is 0 Å². The molecule has 1 heterocycles. The summed E-state index contributed by atoms with van der Waals surface area (Å²) in [7, 11) is 0. The Hall–Kier alpha value is -2.48. The number of halogens is 1. The number of amides is 1. The van der Waals surface area contributed by atoms with Crippen LogP contribution in [0.2, 0.25) is 5.02 Å². The molecule has 1 atom stereocenters. The number of rotatable bonds is 7. The van der Waals surface area contributed by atoms with Gasteiger partial charge in [-0.1, -0.05) is 41.9 Å². The number of non-ortho nitro benzene ring substituents is 1. The third-order valence-electron chi connectivity index (χ3n) is 4.66. The van der Waals surface area contributed by atoms with Gasteiger partial charge < -0.3 is 10.1 Å². The van der Waals surface area contributed by atoms with Crippen LogP contribution in [-0.2, 0) is 4.74 Å². The van der Waals surface area contributed by atoms with Crippen LogP contribution in [0.5, 0.6) is 0 Å². The molecule has 0 bridgehead atoms. The van der Waals surface area contributed by atoms with E-state index in [-0.39, 0.29) is 22.4 Å². The number of hydrogen-bond donors (Lipinski definition) is 1. The van der Waals surface area contributed by atoms with Crippen LogP contribution >= 0.6 is 11.6 Å². The van der Waals surface area contributed by atoms with Gasteiger partial charge in [0.1, 0.15) is 0 Å². The summed E-state index contributed by atoms with van der Waals surface area (Å²) in [5, 5.41) is 13.8. The van der Waals surface area contributed by atoms with Crippen LogP contribution in [0.25, 0.3) is 0 Å². The molecule has 28 heavy (non-hydrogen) atoms. The second kappa shape index (κ2) is 9.64. The standard InChI is InChI=1S/C20H22ClN3O4/c21-18-8-7-16(24(26)27)13-17(18)20(25)22-9-4-10-23-11-12-28-19(14-23)15-5-2-1-3-6-15/h1-3,5-8,13,19H,4,9-12,14H2,(H,22,25). The topological polar surface area (TPSA) is 84.7 Å². The third kappa shape index (κ3) is 5.28. The van der Waals surface area contributed by atoms with E-state index in [0.29, 0.717) is 13.2 Å². The van der Waals surface area contributed by atoms with E-state index in [4.69, 9.17) is 16.3 Å². The van der Waals surface area contributed by atoms with Crippen LogP contribution in [0.4, 0.5) is 5.69 Å². The van der Waals surface area contributed by atoms with Crippen molar-refractivity contribution in [3.05, 3.63) is 74.8 Å². The van der Waals surface area contributed by atoms with E-state index in [2.05, 4.69) is 22.3 Å². The number of benzene rings is 2. The third-order valence-corrected chi connectivity index (χ3v) is 4.99. The van der Waals surface area contributed by atoms with Gasteiger partial charge in [-0.3, -0.25) is 19.8 Å². The molecule has 8 heteroatoms. The number of morpholine rings is 1. The molecule has 0 aromatic heterocycles. The minimum atomic E-state index is -0.547. The Morgan fingerprint density at radius 1 is 1.29 bits per heavy atom. The maximum atomic E-state index is 12.3. The number of ether oxygens (including phenoxy) is 1. The van der Waals surface area contributed by atoms with E-state index in [1.54, 1.807) is 0 Å². The van der Waals surface area contributed by atoms with Gasteiger partial charge in [-0.2, -0.15) is 0 Å². The van der Waals surface area contributed by atoms with E-state index in [0.717, 1.165) is 26.1 Å². The molecular weight excluding hydrogens is 382 g/mol. The molecule has 0 radical (unpaired) electrons. The van der Waals surface area contributed by atoms with Crippen molar-refractivity contribution in [3.63, 3.8) is 0 Å². The van der Waals surface area contributed by atoms with Gasteiger partial charge in [-0.15, -0.1) is 0 Å². The largest absolute Gasteiger partial charge is 0.371 e. The van der Waals surface area contributed by atoms with Gasteiger partial charge in [0.15, 0.2) is 0 Å². The van der Waals surface area contributed by atoms with Crippen molar-refractivity contribution in [2.75, 3.05) is 32.8 Å². The average Bonchev–Trinajstić information content (AvgIpc) is 2.72. The molecule has 1 saturated heterocycles. The smallest absolute Gasteiger partial charge is 0.270 e. The van der Waals surface area contributed by atoms with Crippen molar-refractivity contribution < 1.29 is 14.5 Å². The number of hydrogen-bond acceptors (Lipinski definition) is 5. The monoisotopic (exact) mass is 403 g/mol. The number of carbonyl (C=O) groups is 1. The Labute approximate surface area is 168 Å². The maximum Gasteiger partial charge on any atom is 0.270 e. The number of nitrogens with zero attached hydrogens (tertiary/aromatic N) is 2. The summed E-state index contributed by atoms with van der Waals surface area (Å²) < 4.78 is 5.86. The Morgan fingerprint density at radius 2 is 2.07 bits per heavy atom. The predicted molar refractivity (Wildman–Crippen MR) is 107 cm³/mol. The van der Waals surface area contributed by atoms with E-state index in [1.807, 2.05) is 18.2 Å². The first kappa shape index (κ1) is 20.3. The summed E-state index contributed by atoms with van der Waals surface area (Å²) in [4.78, 5) is 24.9. The summed E-state index contributed by atoms with van der Waals surface area (Å²) in [6, 6.07) is 14.0. The molecule has 1 aliphatic heterocycles. The molecule has 1 N–H and O–H groups in total. The van der Waals surface area contributed by atoms with Gasteiger partial charge in [-0.05, 0) is 18.1 Å². The van der Waals surface area contributed by atoms with Crippen LogP contribution in [0.1, 0.15) is 28.4 Å². The number of nitro groups is 1. The minimum Gasteiger partial charge on any atom is -0.371 e. The maximum absolute atomic E-state index is 12.3. The van der Waals surface area contributed by atoms with Gasteiger partial charge in [0.25, 0.3) is 11.6 Å². The summed E-state index contributed by atoms with van der Waals surface area (Å²) in [5.74, 6) is -0.405. The van der Waals surface area contributed by atoms with E-state index >= 15 is 0 Å². The molecular formula is C20H22ClN3O4. The van der Waals surface area contributed by atoms with Crippen molar-refractivity contribution in [3.8, 4) is 0 Å². The molecule has 0 saturated carbocycles. The normalized spacial score (nSPS) is 17.2. The highest BCUT2D eigenvalue weighted by Gasteiger charge is 2.21. The molecule has 7 nitrogen and oxygen atoms in total. The Bertz CT molecular complexity index is 831. The van der Waals surface area contributed by atoms with Crippen molar-refractivity contribution in [1.82, 2.24) is 10.2 Å². The molecule has 3 rings (SSSR count). The molecule has 2 aromatic carbocycles. The molecule has 1 aliphatic rings. The van der Waals surface area contributed by atoms with Gasteiger partial charge >= 0.3 is 0 Å². The van der Waals surface area contributed by atoms with Crippen molar-refractivity contribution >= 4 is 23.2 Å². The molecule has 0 aliphatic carbocycles. The van der Waals surface area contributed by atoms with Crippen LogP contribution in [0, 0.1) is 10.1 Å². The zero-order chi connectivity index (χ0) is 19.9. The summed E-state index contributed by atoms with van der Waals surface area (Å²) in [6.45, 7) is 3.64. The first-order chi connectivity index (χ1) is 13.5. The number of carbonyl (C=O) groups excluding carboxylic acids is 1.